The second kappa shape index (κ2) is 4.76. The summed E-state index contributed by atoms with van der Waals surface area (Å²) in [6.07, 6.45) is 2.37. The molecule has 2 aliphatic heterocycles. The minimum Gasteiger partial charge on any atom is -0.480 e. The number of carbonyl (C=O) groups excluding carboxylic acids is 1. The molecule has 2 saturated heterocycles. The summed E-state index contributed by atoms with van der Waals surface area (Å²) in [5.41, 5.74) is 4.50. The highest BCUT2D eigenvalue weighted by Gasteiger charge is 2.44. The average Bonchev–Trinajstić information content (AvgIpc) is 2.73. The summed E-state index contributed by atoms with van der Waals surface area (Å²) < 4.78 is 0. The third-order valence-electron chi connectivity index (χ3n) is 4.05. The van der Waals surface area contributed by atoms with Crippen molar-refractivity contribution < 1.29 is 14.7 Å². The van der Waals surface area contributed by atoms with Gasteiger partial charge in [-0.3, -0.25) is 4.79 Å². The Kier molecular flexibility index (Phi) is 3.47. The van der Waals surface area contributed by atoms with E-state index in [0.717, 1.165) is 25.9 Å². The summed E-state index contributed by atoms with van der Waals surface area (Å²) >= 11 is 0. The Balaban J connectivity index is 1.93. The molecule has 1 unspecified atom stereocenters. The summed E-state index contributed by atoms with van der Waals surface area (Å²) in [5.74, 6) is -0.356. The monoisotopic (exact) mass is 255 g/mol. The SMILES string of the molecule is CC1CCN(C(=O)N2CCC(N)(C(=O)O)C2)CC1. The van der Waals surface area contributed by atoms with Crippen LogP contribution in [-0.2, 0) is 4.79 Å². The number of likely N-dealkylation sites (tertiary alicyclic amines) is 2. The molecule has 2 fully saturated rings. The Morgan fingerprint density at radius 2 is 1.83 bits per heavy atom. The summed E-state index contributed by atoms with van der Waals surface area (Å²) in [4.78, 5) is 26.6. The molecular weight excluding hydrogens is 234 g/mol. The molecule has 6 nitrogen and oxygen atoms in total. The standard InChI is InChI=1S/C12H21N3O3/c1-9-2-5-14(6-3-9)11(18)15-7-4-12(13,8-15)10(16)17/h9H,2-8,13H2,1H3,(H,16,17). The van der Waals surface area contributed by atoms with Gasteiger partial charge in [0, 0.05) is 19.6 Å². The van der Waals surface area contributed by atoms with Gasteiger partial charge >= 0.3 is 12.0 Å². The highest BCUT2D eigenvalue weighted by molar-refractivity contribution is 5.82. The zero-order valence-electron chi connectivity index (χ0n) is 10.8. The van der Waals surface area contributed by atoms with E-state index >= 15 is 0 Å². The van der Waals surface area contributed by atoms with Crippen molar-refractivity contribution in [3.05, 3.63) is 0 Å². The van der Waals surface area contributed by atoms with Crippen LogP contribution in [0, 0.1) is 5.92 Å². The number of carboxylic acids is 1. The van der Waals surface area contributed by atoms with Gasteiger partial charge in [0.25, 0.3) is 0 Å². The zero-order valence-corrected chi connectivity index (χ0v) is 10.8. The minimum atomic E-state index is -1.27. The fourth-order valence-corrected chi connectivity index (χ4v) is 2.57. The molecule has 2 heterocycles. The van der Waals surface area contributed by atoms with E-state index in [9.17, 15) is 9.59 Å². The first kappa shape index (κ1) is 13.1. The van der Waals surface area contributed by atoms with Gasteiger partial charge < -0.3 is 20.6 Å². The number of amides is 2. The van der Waals surface area contributed by atoms with Gasteiger partial charge in [-0.1, -0.05) is 6.92 Å². The molecule has 2 aliphatic rings. The summed E-state index contributed by atoms with van der Waals surface area (Å²) in [7, 11) is 0. The number of hydrogen-bond donors (Lipinski definition) is 2. The molecule has 0 aliphatic carbocycles. The highest BCUT2D eigenvalue weighted by atomic mass is 16.4. The van der Waals surface area contributed by atoms with Crippen molar-refractivity contribution in [1.82, 2.24) is 9.80 Å². The first-order valence-corrected chi connectivity index (χ1v) is 6.48. The summed E-state index contributed by atoms with van der Waals surface area (Å²) in [6, 6.07) is -0.0597. The first-order valence-electron chi connectivity index (χ1n) is 6.48. The van der Waals surface area contributed by atoms with E-state index in [1.807, 2.05) is 4.90 Å². The number of carboxylic acid groups (broad SMARTS) is 1. The fraction of sp³-hybridized carbons (Fsp3) is 0.833. The molecule has 0 aromatic carbocycles. The van der Waals surface area contributed by atoms with Crippen LogP contribution in [-0.4, -0.2) is 58.6 Å². The van der Waals surface area contributed by atoms with Gasteiger partial charge in [-0.15, -0.1) is 0 Å². The molecule has 3 N–H and O–H groups in total. The van der Waals surface area contributed by atoms with Crippen molar-refractivity contribution in [2.45, 2.75) is 31.7 Å². The second-order valence-electron chi connectivity index (χ2n) is 5.58. The van der Waals surface area contributed by atoms with Gasteiger partial charge in [0.15, 0.2) is 0 Å². The number of nitrogens with zero attached hydrogens (tertiary/aromatic N) is 2. The van der Waals surface area contributed by atoms with Crippen molar-refractivity contribution in [2.24, 2.45) is 11.7 Å². The lowest BCUT2D eigenvalue weighted by Gasteiger charge is -2.33. The number of aliphatic carboxylic acids is 1. The van der Waals surface area contributed by atoms with Crippen molar-refractivity contribution in [1.29, 1.82) is 0 Å². The van der Waals surface area contributed by atoms with Gasteiger partial charge in [-0.25, -0.2) is 4.79 Å². The van der Waals surface area contributed by atoms with Crippen LogP contribution in [0.4, 0.5) is 4.79 Å². The lowest BCUT2D eigenvalue weighted by Crippen LogP contribution is -2.52. The third kappa shape index (κ3) is 2.43. The smallest absolute Gasteiger partial charge is 0.325 e. The fourth-order valence-electron chi connectivity index (χ4n) is 2.57. The predicted molar refractivity (Wildman–Crippen MR) is 66.1 cm³/mol. The van der Waals surface area contributed by atoms with Crippen molar-refractivity contribution >= 4 is 12.0 Å². The molecule has 0 spiro atoms. The molecule has 18 heavy (non-hydrogen) atoms. The second-order valence-corrected chi connectivity index (χ2v) is 5.58. The maximum absolute atomic E-state index is 12.2. The zero-order chi connectivity index (χ0) is 13.3. The quantitative estimate of drug-likeness (QED) is 0.706. The van der Waals surface area contributed by atoms with Crippen molar-refractivity contribution in [3.8, 4) is 0 Å². The summed E-state index contributed by atoms with van der Waals surface area (Å²) in [6.45, 7) is 4.27. The lowest BCUT2D eigenvalue weighted by molar-refractivity contribution is -0.142. The summed E-state index contributed by atoms with van der Waals surface area (Å²) in [5, 5.41) is 9.04. The molecule has 0 aromatic heterocycles. The number of rotatable bonds is 1. The van der Waals surface area contributed by atoms with Crippen LogP contribution in [0.25, 0.3) is 0 Å². The molecule has 0 saturated carbocycles. The maximum atomic E-state index is 12.2. The average molecular weight is 255 g/mol. The molecule has 0 radical (unpaired) electrons. The number of piperidine rings is 1. The largest absolute Gasteiger partial charge is 0.480 e. The van der Waals surface area contributed by atoms with E-state index in [-0.39, 0.29) is 12.6 Å². The van der Waals surface area contributed by atoms with Crippen molar-refractivity contribution in [2.75, 3.05) is 26.2 Å². The molecule has 0 aromatic rings. The van der Waals surface area contributed by atoms with Crippen molar-refractivity contribution in [3.63, 3.8) is 0 Å². The van der Waals surface area contributed by atoms with Crippen LogP contribution in [0.2, 0.25) is 0 Å². The Morgan fingerprint density at radius 3 is 2.33 bits per heavy atom. The Bertz CT molecular complexity index is 352. The van der Waals surface area contributed by atoms with Gasteiger partial charge in [-0.2, -0.15) is 0 Å². The molecule has 2 rings (SSSR count). The molecule has 1 atom stereocenters. The van der Waals surface area contributed by atoms with Gasteiger partial charge in [0.2, 0.25) is 0 Å². The van der Waals surface area contributed by atoms with E-state index in [4.69, 9.17) is 10.8 Å². The van der Waals surface area contributed by atoms with E-state index in [0.29, 0.717) is 18.9 Å². The number of hydrogen-bond acceptors (Lipinski definition) is 3. The number of nitrogens with two attached hydrogens (primary N) is 1. The molecule has 102 valence electrons. The normalized spacial score (nSPS) is 29.7. The predicted octanol–water partition coefficient (Wildman–Crippen LogP) is 0.326. The molecule has 0 bridgehead atoms. The molecule has 6 heteroatoms. The Morgan fingerprint density at radius 1 is 1.22 bits per heavy atom. The van der Waals surface area contributed by atoms with Gasteiger partial charge in [0.05, 0.1) is 6.54 Å². The minimum absolute atomic E-state index is 0.0597. The van der Waals surface area contributed by atoms with Crippen LogP contribution in [0.1, 0.15) is 26.2 Å². The van der Waals surface area contributed by atoms with Crippen LogP contribution in [0.15, 0.2) is 0 Å². The topological polar surface area (TPSA) is 86.9 Å². The molecule has 2 amide bonds. The van der Waals surface area contributed by atoms with E-state index in [2.05, 4.69) is 6.92 Å². The Labute approximate surface area is 107 Å². The highest BCUT2D eigenvalue weighted by Crippen LogP contribution is 2.23. The van der Waals surface area contributed by atoms with Crippen LogP contribution in [0.3, 0.4) is 0 Å². The maximum Gasteiger partial charge on any atom is 0.325 e. The van der Waals surface area contributed by atoms with Gasteiger partial charge in [0.1, 0.15) is 5.54 Å². The first-order chi connectivity index (χ1) is 8.42. The Hall–Kier alpha value is -1.30. The molecular formula is C12H21N3O3. The van der Waals surface area contributed by atoms with E-state index in [1.165, 1.54) is 0 Å². The number of carbonyl (C=O) groups is 2. The third-order valence-corrected chi connectivity index (χ3v) is 4.05. The van der Waals surface area contributed by atoms with Gasteiger partial charge in [-0.05, 0) is 25.2 Å². The van der Waals surface area contributed by atoms with Crippen LogP contribution >= 0.6 is 0 Å². The number of urea groups is 1. The van der Waals surface area contributed by atoms with E-state index < -0.39 is 11.5 Å². The van der Waals surface area contributed by atoms with E-state index in [1.54, 1.807) is 4.90 Å². The van der Waals surface area contributed by atoms with Crippen LogP contribution < -0.4 is 5.73 Å². The van der Waals surface area contributed by atoms with Crippen LogP contribution in [0.5, 0.6) is 0 Å². The lowest BCUT2D eigenvalue weighted by atomic mass is 9.99.